The van der Waals surface area contributed by atoms with E-state index in [0.29, 0.717) is 5.02 Å². The lowest BCUT2D eigenvalue weighted by Gasteiger charge is -2.01. The molecule has 0 aliphatic heterocycles. The van der Waals surface area contributed by atoms with Gasteiger partial charge in [0, 0.05) is 12.8 Å². The third kappa shape index (κ3) is 3.98. The summed E-state index contributed by atoms with van der Waals surface area (Å²) in [6, 6.07) is 3.66. The second-order valence-electron chi connectivity index (χ2n) is 2.57. The number of hydrogen-bond donors (Lipinski definition) is 1. The molecule has 1 rings (SSSR count). The van der Waals surface area contributed by atoms with E-state index < -0.39 is 0 Å². The largest absolute Gasteiger partial charge is 0.396 e. The molecule has 0 aliphatic rings. The van der Waals surface area contributed by atoms with Crippen LogP contribution >= 0.6 is 23.4 Å². The lowest BCUT2D eigenvalue weighted by atomic mass is 10.4. The van der Waals surface area contributed by atoms with E-state index >= 15 is 0 Å². The minimum absolute atomic E-state index is 0.260. The summed E-state index contributed by atoms with van der Waals surface area (Å²) in [5.41, 5.74) is 0. The lowest BCUT2D eigenvalue weighted by molar-refractivity contribution is 0.287. The van der Waals surface area contributed by atoms with Gasteiger partial charge >= 0.3 is 0 Å². The van der Waals surface area contributed by atoms with E-state index in [0.717, 1.165) is 23.6 Å². The van der Waals surface area contributed by atoms with Crippen LogP contribution in [0.25, 0.3) is 0 Å². The van der Waals surface area contributed by atoms with Crippen molar-refractivity contribution < 1.29 is 5.11 Å². The Labute approximate surface area is 87.3 Å². The van der Waals surface area contributed by atoms with Crippen LogP contribution in [0.1, 0.15) is 12.8 Å². The number of aliphatic hydroxyl groups is 1. The fourth-order valence-electron chi connectivity index (χ4n) is 0.860. The average molecular weight is 218 g/mol. The molecule has 0 fully saturated rings. The highest BCUT2D eigenvalue weighted by Gasteiger charge is 1.99. The molecule has 0 atom stereocenters. The van der Waals surface area contributed by atoms with Gasteiger partial charge in [0.2, 0.25) is 0 Å². The Morgan fingerprint density at radius 3 is 3.00 bits per heavy atom. The highest BCUT2D eigenvalue weighted by molar-refractivity contribution is 7.99. The summed E-state index contributed by atoms with van der Waals surface area (Å²) in [5.74, 6) is 0.956. The molecule has 0 amide bonds. The number of aliphatic hydroxyl groups excluding tert-OH is 1. The van der Waals surface area contributed by atoms with Gasteiger partial charge in [0.05, 0.1) is 5.02 Å². The van der Waals surface area contributed by atoms with Gasteiger partial charge in [-0.05, 0) is 30.7 Å². The first-order valence-electron chi connectivity index (χ1n) is 4.19. The van der Waals surface area contributed by atoms with Crippen molar-refractivity contribution >= 4 is 23.4 Å². The Bertz CT molecular complexity index is 257. The maximum absolute atomic E-state index is 8.57. The van der Waals surface area contributed by atoms with Crippen molar-refractivity contribution in [1.29, 1.82) is 0 Å². The van der Waals surface area contributed by atoms with Gasteiger partial charge in [-0.25, -0.2) is 4.98 Å². The summed E-state index contributed by atoms with van der Waals surface area (Å²) in [5, 5.41) is 10.1. The van der Waals surface area contributed by atoms with Crippen LogP contribution < -0.4 is 0 Å². The molecular weight excluding hydrogens is 206 g/mol. The van der Waals surface area contributed by atoms with E-state index in [4.69, 9.17) is 16.7 Å². The predicted molar refractivity (Wildman–Crippen MR) is 56.3 cm³/mol. The number of hydrogen-bond acceptors (Lipinski definition) is 3. The summed E-state index contributed by atoms with van der Waals surface area (Å²) in [6.07, 6.45) is 3.58. The Hall–Kier alpha value is -0.250. The normalized spacial score (nSPS) is 10.3. The molecule has 0 spiro atoms. The van der Waals surface area contributed by atoms with Crippen molar-refractivity contribution in [3.05, 3.63) is 23.4 Å². The van der Waals surface area contributed by atoms with Crippen molar-refractivity contribution in [3.8, 4) is 0 Å². The first kappa shape index (κ1) is 10.8. The topological polar surface area (TPSA) is 33.1 Å². The van der Waals surface area contributed by atoms with Crippen LogP contribution in [0.3, 0.4) is 0 Å². The molecule has 0 unspecified atom stereocenters. The molecule has 1 aromatic rings. The Morgan fingerprint density at radius 1 is 1.46 bits per heavy atom. The third-order valence-electron chi connectivity index (χ3n) is 1.52. The van der Waals surface area contributed by atoms with Crippen molar-refractivity contribution in [3.63, 3.8) is 0 Å². The molecule has 4 heteroatoms. The molecule has 0 saturated heterocycles. The van der Waals surface area contributed by atoms with E-state index in [-0.39, 0.29) is 6.61 Å². The van der Waals surface area contributed by atoms with Crippen molar-refractivity contribution in [2.45, 2.75) is 17.9 Å². The zero-order valence-corrected chi connectivity index (χ0v) is 8.81. The zero-order chi connectivity index (χ0) is 9.52. The Balaban J connectivity index is 2.32. The highest BCUT2D eigenvalue weighted by Crippen LogP contribution is 2.24. The minimum atomic E-state index is 0.260. The van der Waals surface area contributed by atoms with Gasteiger partial charge in [-0.15, -0.1) is 11.8 Å². The van der Waals surface area contributed by atoms with Crippen LogP contribution in [0.15, 0.2) is 23.4 Å². The summed E-state index contributed by atoms with van der Waals surface area (Å²) in [7, 11) is 0. The molecule has 1 aromatic heterocycles. The highest BCUT2D eigenvalue weighted by atomic mass is 35.5. The number of thioether (sulfide) groups is 1. The van der Waals surface area contributed by atoms with E-state index in [9.17, 15) is 0 Å². The number of nitrogens with zero attached hydrogens (tertiary/aromatic N) is 1. The molecular formula is C9H12ClNOS. The molecule has 0 saturated carbocycles. The van der Waals surface area contributed by atoms with Crippen molar-refractivity contribution in [2.24, 2.45) is 0 Å². The fraction of sp³-hybridized carbons (Fsp3) is 0.444. The van der Waals surface area contributed by atoms with Gasteiger partial charge in [0.15, 0.2) is 0 Å². The van der Waals surface area contributed by atoms with Gasteiger partial charge < -0.3 is 5.11 Å². The molecule has 0 aliphatic carbocycles. The zero-order valence-electron chi connectivity index (χ0n) is 7.24. The fourth-order valence-corrected chi connectivity index (χ4v) is 2.03. The van der Waals surface area contributed by atoms with Gasteiger partial charge in [0.1, 0.15) is 5.03 Å². The van der Waals surface area contributed by atoms with Gasteiger partial charge in [-0.3, -0.25) is 0 Å². The number of aromatic nitrogens is 1. The quantitative estimate of drug-likeness (QED) is 0.608. The summed E-state index contributed by atoms with van der Waals surface area (Å²) < 4.78 is 0. The number of halogens is 1. The van der Waals surface area contributed by atoms with Crippen LogP contribution in [0, 0.1) is 0 Å². The molecule has 0 aromatic carbocycles. The van der Waals surface area contributed by atoms with Crippen LogP contribution in [-0.4, -0.2) is 22.5 Å². The second-order valence-corrected chi connectivity index (χ2v) is 4.06. The Kier molecular flexibility index (Phi) is 5.20. The van der Waals surface area contributed by atoms with Crippen LogP contribution in [-0.2, 0) is 0 Å². The first-order valence-corrected chi connectivity index (χ1v) is 5.55. The summed E-state index contributed by atoms with van der Waals surface area (Å²) in [6.45, 7) is 0.260. The second kappa shape index (κ2) is 6.24. The van der Waals surface area contributed by atoms with Crippen LogP contribution in [0.5, 0.6) is 0 Å². The van der Waals surface area contributed by atoms with E-state index in [1.54, 1.807) is 18.0 Å². The molecule has 0 bridgehead atoms. The van der Waals surface area contributed by atoms with Gasteiger partial charge in [-0.1, -0.05) is 11.6 Å². The SMILES string of the molecule is OCCCCSc1ncccc1Cl. The lowest BCUT2D eigenvalue weighted by Crippen LogP contribution is -1.87. The minimum Gasteiger partial charge on any atom is -0.396 e. The monoisotopic (exact) mass is 217 g/mol. The molecule has 13 heavy (non-hydrogen) atoms. The maximum atomic E-state index is 8.57. The Morgan fingerprint density at radius 2 is 2.31 bits per heavy atom. The smallest absolute Gasteiger partial charge is 0.115 e. The first-order chi connectivity index (χ1) is 6.34. The predicted octanol–water partition coefficient (Wildman–Crippen LogP) is 2.60. The van der Waals surface area contributed by atoms with Crippen LogP contribution in [0.2, 0.25) is 5.02 Å². The van der Waals surface area contributed by atoms with Gasteiger partial charge in [-0.2, -0.15) is 0 Å². The average Bonchev–Trinajstić information content (AvgIpc) is 2.15. The number of rotatable bonds is 5. The number of pyridine rings is 1. The molecule has 1 heterocycles. The van der Waals surface area contributed by atoms with Crippen molar-refractivity contribution in [1.82, 2.24) is 4.98 Å². The summed E-state index contributed by atoms with van der Waals surface area (Å²) >= 11 is 7.54. The summed E-state index contributed by atoms with van der Waals surface area (Å²) in [4.78, 5) is 4.14. The van der Waals surface area contributed by atoms with E-state index in [1.165, 1.54) is 0 Å². The molecule has 0 radical (unpaired) electrons. The van der Waals surface area contributed by atoms with Crippen LogP contribution in [0.4, 0.5) is 0 Å². The van der Waals surface area contributed by atoms with Gasteiger partial charge in [0.25, 0.3) is 0 Å². The number of unbranched alkanes of at least 4 members (excludes halogenated alkanes) is 1. The molecule has 2 nitrogen and oxygen atoms in total. The molecule has 72 valence electrons. The van der Waals surface area contributed by atoms with E-state index in [2.05, 4.69) is 4.98 Å². The standard InChI is InChI=1S/C9H12ClNOS/c10-8-4-3-5-11-9(8)13-7-2-1-6-12/h3-5,12H,1-2,6-7H2. The third-order valence-corrected chi connectivity index (χ3v) is 3.02. The maximum Gasteiger partial charge on any atom is 0.115 e. The van der Waals surface area contributed by atoms with E-state index in [1.807, 2.05) is 12.1 Å². The van der Waals surface area contributed by atoms with Crippen molar-refractivity contribution in [2.75, 3.05) is 12.4 Å². The molecule has 1 N–H and O–H groups in total.